The highest BCUT2D eigenvalue weighted by atomic mass is 32.2. The Morgan fingerprint density at radius 3 is 2.53 bits per heavy atom. The summed E-state index contributed by atoms with van der Waals surface area (Å²) >= 11 is 1.85. The third-order valence-electron chi connectivity index (χ3n) is 4.29. The van der Waals surface area contributed by atoms with Crippen LogP contribution in [0.5, 0.6) is 0 Å². The van der Waals surface area contributed by atoms with E-state index in [-0.39, 0.29) is 5.25 Å². The summed E-state index contributed by atoms with van der Waals surface area (Å²) in [7, 11) is 0. The third kappa shape index (κ3) is 2.79. The van der Waals surface area contributed by atoms with Crippen LogP contribution in [0.1, 0.15) is 44.9 Å². The minimum absolute atomic E-state index is 0.233. The number of nitrogens with one attached hydrogen (secondary N) is 2. The lowest BCUT2D eigenvalue weighted by Crippen LogP contribution is -2.50. The van der Waals surface area contributed by atoms with Crippen LogP contribution in [-0.2, 0) is 4.79 Å². The van der Waals surface area contributed by atoms with E-state index in [1.54, 1.807) is 0 Å². The number of thioether (sulfide) groups is 1. The molecule has 3 saturated heterocycles. The zero-order chi connectivity index (χ0) is 11.7. The van der Waals surface area contributed by atoms with Crippen molar-refractivity contribution in [1.82, 2.24) is 10.6 Å². The van der Waals surface area contributed by atoms with Crippen LogP contribution in [0.25, 0.3) is 0 Å². The van der Waals surface area contributed by atoms with Crippen LogP contribution in [0.15, 0.2) is 0 Å². The maximum atomic E-state index is 12.1. The second kappa shape index (κ2) is 5.19. The Labute approximate surface area is 107 Å². The highest BCUT2D eigenvalue weighted by molar-refractivity contribution is 8.00. The summed E-state index contributed by atoms with van der Waals surface area (Å²) in [5, 5.41) is 7.14. The number of piperidine rings is 1. The molecule has 96 valence electrons. The second-order valence-corrected chi connectivity index (χ2v) is 6.98. The average Bonchev–Trinajstić information content (AvgIpc) is 2.70. The highest BCUT2D eigenvalue weighted by Gasteiger charge is 2.35. The summed E-state index contributed by atoms with van der Waals surface area (Å²) in [5.41, 5.74) is 0. The van der Waals surface area contributed by atoms with Crippen LogP contribution in [0.3, 0.4) is 0 Å². The van der Waals surface area contributed by atoms with Crippen molar-refractivity contribution in [3.8, 4) is 0 Å². The molecule has 3 aliphatic heterocycles. The van der Waals surface area contributed by atoms with Gasteiger partial charge in [-0.25, -0.2) is 0 Å². The molecule has 3 fully saturated rings. The lowest BCUT2D eigenvalue weighted by molar-refractivity contribution is -0.121. The molecule has 0 spiro atoms. The van der Waals surface area contributed by atoms with Gasteiger partial charge in [0.25, 0.3) is 0 Å². The summed E-state index contributed by atoms with van der Waals surface area (Å²) in [6, 6.07) is 1.76. The largest absolute Gasteiger partial charge is 0.352 e. The quantitative estimate of drug-likeness (QED) is 0.787. The molecular formula is C13H22N2OS. The molecule has 0 aromatic carbocycles. The molecule has 3 atom stereocenters. The first-order chi connectivity index (χ1) is 8.31. The van der Waals surface area contributed by atoms with Crippen LogP contribution >= 0.6 is 11.8 Å². The van der Waals surface area contributed by atoms with Gasteiger partial charge < -0.3 is 10.6 Å². The van der Waals surface area contributed by atoms with Gasteiger partial charge in [0, 0.05) is 18.1 Å². The van der Waals surface area contributed by atoms with Gasteiger partial charge in [-0.1, -0.05) is 6.42 Å². The standard InChI is InChI=1S/C13H22N2OS/c16-13(12-3-1-2-6-17-12)15-11-7-9-4-5-10(8-11)14-9/h9-12,14H,1-8H2,(H,15,16). The molecule has 3 heterocycles. The molecule has 3 rings (SSSR count). The van der Waals surface area contributed by atoms with Gasteiger partial charge in [0.15, 0.2) is 0 Å². The first-order valence-corrected chi connectivity index (χ1v) is 8.04. The minimum Gasteiger partial charge on any atom is -0.352 e. The SMILES string of the molecule is O=C(NC1CC2CCC(C1)N2)C1CCCCS1. The molecule has 0 radical (unpaired) electrons. The molecule has 4 heteroatoms. The Morgan fingerprint density at radius 1 is 1.12 bits per heavy atom. The van der Waals surface area contributed by atoms with Crippen molar-refractivity contribution in [3.05, 3.63) is 0 Å². The van der Waals surface area contributed by atoms with Gasteiger partial charge in [-0.15, -0.1) is 11.8 Å². The topological polar surface area (TPSA) is 41.1 Å². The zero-order valence-corrected chi connectivity index (χ0v) is 11.1. The minimum atomic E-state index is 0.233. The molecule has 3 aliphatic rings. The van der Waals surface area contributed by atoms with Gasteiger partial charge in [0.05, 0.1) is 5.25 Å². The van der Waals surface area contributed by atoms with E-state index < -0.39 is 0 Å². The normalized spacial score (nSPS) is 41.2. The van der Waals surface area contributed by atoms with Gasteiger partial charge in [-0.2, -0.15) is 0 Å². The van der Waals surface area contributed by atoms with E-state index in [1.807, 2.05) is 11.8 Å². The molecule has 0 saturated carbocycles. The number of carbonyl (C=O) groups is 1. The Morgan fingerprint density at radius 2 is 1.88 bits per heavy atom. The Hall–Kier alpha value is -0.220. The fourth-order valence-electron chi connectivity index (χ4n) is 3.42. The fourth-order valence-corrected chi connectivity index (χ4v) is 4.62. The van der Waals surface area contributed by atoms with E-state index in [0.717, 1.165) is 25.0 Å². The third-order valence-corrected chi connectivity index (χ3v) is 5.67. The van der Waals surface area contributed by atoms with Crippen LogP contribution < -0.4 is 10.6 Å². The van der Waals surface area contributed by atoms with E-state index in [1.165, 1.54) is 25.7 Å². The van der Waals surface area contributed by atoms with Gasteiger partial charge in [-0.3, -0.25) is 4.79 Å². The van der Waals surface area contributed by atoms with Crippen molar-refractivity contribution >= 4 is 17.7 Å². The first kappa shape index (κ1) is 11.8. The van der Waals surface area contributed by atoms with E-state index in [0.29, 0.717) is 24.0 Å². The van der Waals surface area contributed by atoms with E-state index in [9.17, 15) is 4.79 Å². The van der Waals surface area contributed by atoms with Gasteiger partial charge in [0.1, 0.15) is 0 Å². The molecule has 3 unspecified atom stereocenters. The fraction of sp³-hybridized carbons (Fsp3) is 0.923. The van der Waals surface area contributed by atoms with E-state index >= 15 is 0 Å². The van der Waals surface area contributed by atoms with Crippen molar-refractivity contribution in [1.29, 1.82) is 0 Å². The van der Waals surface area contributed by atoms with Crippen molar-refractivity contribution in [2.45, 2.75) is 68.3 Å². The van der Waals surface area contributed by atoms with Crippen molar-refractivity contribution < 1.29 is 4.79 Å². The molecule has 2 bridgehead atoms. The molecule has 2 N–H and O–H groups in total. The summed E-state index contributed by atoms with van der Waals surface area (Å²) in [6.07, 6.45) is 8.46. The van der Waals surface area contributed by atoms with Crippen molar-refractivity contribution in [2.75, 3.05) is 5.75 Å². The Balaban J connectivity index is 1.50. The van der Waals surface area contributed by atoms with Crippen LogP contribution in [0.4, 0.5) is 0 Å². The number of amides is 1. The van der Waals surface area contributed by atoms with Gasteiger partial charge in [0.2, 0.25) is 5.91 Å². The summed E-state index contributed by atoms with van der Waals surface area (Å²) < 4.78 is 0. The average molecular weight is 254 g/mol. The Bertz CT molecular complexity index is 279. The summed E-state index contributed by atoms with van der Waals surface area (Å²) in [5.74, 6) is 1.47. The van der Waals surface area contributed by atoms with Crippen LogP contribution in [0.2, 0.25) is 0 Å². The predicted octanol–water partition coefficient (Wildman–Crippen LogP) is 1.67. The number of hydrogen-bond donors (Lipinski definition) is 2. The number of hydrogen-bond acceptors (Lipinski definition) is 3. The Kier molecular flexibility index (Phi) is 3.61. The van der Waals surface area contributed by atoms with Gasteiger partial charge >= 0.3 is 0 Å². The summed E-state index contributed by atoms with van der Waals surface area (Å²) in [6.45, 7) is 0. The summed E-state index contributed by atoms with van der Waals surface area (Å²) in [4.78, 5) is 12.1. The van der Waals surface area contributed by atoms with E-state index in [2.05, 4.69) is 10.6 Å². The van der Waals surface area contributed by atoms with Gasteiger partial charge in [-0.05, 0) is 44.3 Å². The van der Waals surface area contributed by atoms with Crippen molar-refractivity contribution in [3.63, 3.8) is 0 Å². The van der Waals surface area contributed by atoms with Crippen molar-refractivity contribution in [2.24, 2.45) is 0 Å². The second-order valence-electron chi connectivity index (χ2n) is 5.67. The highest BCUT2D eigenvalue weighted by Crippen LogP contribution is 2.28. The van der Waals surface area contributed by atoms with E-state index in [4.69, 9.17) is 0 Å². The molecule has 17 heavy (non-hydrogen) atoms. The molecule has 0 aromatic rings. The van der Waals surface area contributed by atoms with Crippen LogP contribution in [-0.4, -0.2) is 35.0 Å². The molecule has 1 amide bonds. The number of fused-ring (bicyclic) bond motifs is 2. The lowest BCUT2D eigenvalue weighted by Gasteiger charge is -2.31. The molecule has 0 aliphatic carbocycles. The molecular weight excluding hydrogens is 232 g/mol. The maximum Gasteiger partial charge on any atom is 0.233 e. The molecule has 0 aromatic heterocycles. The zero-order valence-electron chi connectivity index (χ0n) is 10.3. The maximum absolute atomic E-state index is 12.1. The smallest absolute Gasteiger partial charge is 0.233 e. The predicted molar refractivity (Wildman–Crippen MR) is 71.2 cm³/mol. The first-order valence-electron chi connectivity index (χ1n) is 6.99. The monoisotopic (exact) mass is 254 g/mol. The van der Waals surface area contributed by atoms with Crippen LogP contribution in [0, 0.1) is 0 Å². The lowest BCUT2D eigenvalue weighted by atomic mass is 9.99. The number of carbonyl (C=O) groups excluding carboxylic acids is 1. The number of rotatable bonds is 2. The molecule has 3 nitrogen and oxygen atoms in total.